The number of ether oxygens (including phenoxy) is 1. The molecule has 1 aliphatic rings. The first-order valence-corrected chi connectivity index (χ1v) is 7.88. The number of carbonyl (C=O) groups excluding carboxylic acids is 1. The molecular formula is C17H26N2O2. The van der Waals surface area contributed by atoms with Gasteiger partial charge in [-0.05, 0) is 30.5 Å². The molecule has 0 heterocycles. The molecule has 1 aliphatic carbocycles. The van der Waals surface area contributed by atoms with Gasteiger partial charge in [0.25, 0.3) is 0 Å². The molecule has 0 radical (unpaired) electrons. The molecule has 1 aromatic rings. The highest BCUT2D eigenvalue weighted by molar-refractivity contribution is 5.89. The first-order valence-electron chi connectivity index (χ1n) is 7.88. The van der Waals surface area contributed by atoms with Crippen molar-refractivity contribution in [3.63, 3.8) is 0 Å². The molecule has 0 saturated heterocycles. The van der Waals surface area contributed by atoms with Gasteiger partial charge in [-0.2, -0.15) is 0 Å². The largest absolute Gasteiger partial charge is 0.495 e. The van der Waals surface area contributed by atoms with E-state index in [1.807, 2.05) is 18.2 Å². The van der Waals surface area contributed by atoms with Crippen LogP contribution in [-0.2, 0) is 4.79 Å². The average molecular weight is 290 g/mol. The van der Waals surface area contributed by atoms with Crippen LogP contribution in [0.25, 0.3) is 0 Å². The predicted octanol–water partition coefficient (Wildman–Crippen LogP) is 4.04. The van der Waals surface area contributed by atoms with Crippen molar-refractivity contribution in [1.82, 2.24) is 0 Å². The number of hydrogen-bond donors (Lipinski definition) is 2. The number of methoxy groups -OCH3 is 1. The van der Waals surface area contributed by atoms with E-state index in [9.17, 15) is 4.79 Å². The van der Waals surface area contributed by atoms with Crippen LogP contribution in [0.3, 0.4) is 0 Å². The van der Waals surface area contributed by atoms with Gasteiger partial charge in [0.05, 0.1) is 12.8 Å². The molecule has 0 bridgehead atoms. The summed E-state index contributed by atoms with van der Waals surface area (Å²) in [5, 5.41) is 6.25. The zero-order valence-corrected chi connectivity index (χ0v) is 13.1. The summed E-state index contributed by atoms with van der Waals surface area (Å²) in [7, 11) is 1.67. The Balaban J connectivity index is 1.91. The van der Waals surface area contributed by atoms with Gasteiger partial charge < -0.3 is 15.4 Å². The van der Waals surface area contributed by atoms with E-state index in [1.54, 1.807) is 7.11 Å². The Labute approximate surface area is 127 Å². The summed E-state index contributed by atoms with van der Waals surface area (Å²) in [6.07, 6.45) is 8.09. The number of nitrogens with one attached hydrogen (secondary N) is 2. The standard InChI is InChI=1S/C17H26N2O2/c1-13(20)19-15-8-9-17(21-2)16(12-15)18-11-10-14-6-4-3-5-7-14/h8-9,12,14,18H,3-7,10-11H2,1-2H3,(H,19,20). The summed E-state index contributed by atoms with van der Waals surface area (Å²) in [5.74, 6) is 1.61. The van der Waals surface area contributed by atoms with Crippen molar-refractivity contribution in [2.75, 3.05) is 24.3 Å². The normalized spacial score (nSPS) is 15.5. The molecule has 0 aliphatic heterocycles. The molecule has 4 nitrogen and oxygen atoms in total. The van der Waals surface area contributed by atoms with Crippen molar-refractivity contribution in [2.45, 2.75) is 45.4 Å². The molecule has 1 aromatic carbocycles. The fraction of sp³-hybridized carbons (Fsp3) is 0.588. The van der Waals surface area contributed by atoms with Crippen molar-refractivity contribution in [3.8, 4) is 5.75 Å². The van der Waals surface area contributed by atoms with Crippen LogP contribution in [0.15, 0.2) is 18.2 Å². The van der Waals surface area contributed by atoms with E-state index in [0.29, 0.717) is 0 Å². The third kappa shape index (κ3) is 4.96. The molecule has 0 unspecified atom stereocenters. The number of anilines is 2. The topological polar surface area (TPSA) is 50.4 Å². The zero-order chi connectivity index (χ0) is 15.1. The second kappa shape index (κ2) is 7.91. The van der Waals surface area contributed by atoms with Crippen LogP contribution in [0.2, 0.25) is 0 Å². The molecule has 4 heteroatoms. The molecule has 116 valence electrons. The van der Waals surface area contributed by atoms with Crippen molar-refractivity contribution >= 4 is 17.3 Å². The molecule has 1 fully saturated rings. The lowest BCUT2D eigenvalue weighted by Crippen LogP contribution is -2.13. The van der Waals surface area contributed by atoms with Crippen molar-refractivity contribution in [2.24, 2.45) is 5.92 Å². The van der Waals surface area contributed by atoms with Gasteiger partial charge in [-0.3, -0.25) is 4.79 Å². The van der Waals surface area contributed by atoms with E-state index >= 15 is 0 Å². The highest BCUT2D eigenvalue weighted by Gasteiger charge is 2.13. The average Bonchev–Trinajstić information content (AvgIpc) is 2.48. The lowest BCUT2D eigenvalue weighted by molar-refractivity contribution is -0.114. The fourth-order valence-electron chi connectivity index (χ4n) is 3.01. The first-order chi connectivity index (χ1) is 10.2. The smallest absolute Gasteiger partial charge is 0.221 e. The van der Waals surface area contributed by atoms with Gasteiger partial charge in [-0.1, -0.05) is 32.1 Å². The number of amides is 1. The SMILES string of the molecule is COc1ccc(NC(C)=O)cc1NCCC1CCCCC1. The van der Waals surface area contributed by atoms with Crippen molar-refractivity contribution < 1.29 is 9.53 Å². The Morgan fingerprint density at radius 1 is 1.29 bits per heavy atom. The Morgan fingerprint density at radius 3 is 2.71 bits per heavy atom. The quantitative estimate of drug-likeness (QED) is 0.831. The van der Waals surface area contributed by atoms with E-state index in [-0.39, 0.29) is 5.91 Å². The number of carbonyl (C=O) groups is 1. The van der Waals surface area contributed by atoms with Crippen LogP contribution < -0.4 is 15.4 Å². The van der Waals surface area contributed by atoms with E-state index < -0.39 is 0 Å². The van der Waals surface area contributed by atoms with Gasteiger partial charge in [-0.15, -0.1) is 0 Å². The van der Waals surface area contributed by atoms with Gasteiger partial charge in [0.15, 0.2) is 0 Å². The van der Waals surface area contributed by atoms with Crippen LogP contribution >= 0.6 is 0 Å². The number of benzene rings is 1. The minimum atomic E-state index is -0.0617. The Hall–Kier alpha value is -1.71. The maximum absolute atomic E-state index is 11.1. The van der Waals surface area contributed by atoms with Gasteiger partial charge in [-0.25, -0.2) is 0 Å². The second-order valence-corrected chi connectivity index (χ2v) is 5.82. The third-order valence-corrected chi connectivity index (χ3v) is 4.11. The van der Waals surface area contributed by atoms with E-state index in [2.05, 4.69) is 10.6 Å². The molecule has 2 N–H and O–H groups in total. The summed E-state index contributed by atoms with van der Waals surface area (Å²) in [6.45, 7) is 2.46. The highest BCUT2D eigenvalue weighted by atomic mass is 16.5. The van der Waals surface area contributed by atoms with E-state index in [4.69, 9.17) is 4.74 Å². The van der Waals surface area contributed by atoms with E-state index in [0.717, 1.165) is 29.6 Å². The molecule has 2 rings (SSSR count). The van der Waals surface area contributed by atoms with Gasteiger partial charge in [0.1, 0.15) is 5.75 Å². The monoisotopic (exact) mass is 290 g/mol. The highest BCUT2D eigenvalue weighted by Crippen LogP contribution is 2.29. The number of hydrogen-bond acceptors (Lipinski definition) is 3. The molecule has 21 heavy (non-hydrogen) atoms. The second-order valence-electron chi connectivity index (χ2n) is 5.82. The fourth-order valence-corrected chi connectivity index (χ4v) is 3.01. The summed E-state index contributed by atoms with van der Waals surface area (Å²) in [4.78, 5) is 11.1. The molecular weight excluding hydrogens is 264 g/mol. The summed E-state index contributed by atoms with van der Waals surface area (Å²) < 4.78 is 5.37. The number of rotatable bonds is 6. The Bertz CT molecular complexity index is 468. The van der Waals surface area contributed by atoms with Crippen LogP contribution in [-0.4, -0.2) is 19.6 Å². The van der Waals surface area contributed by atoms with Gasteiger partial charge in [0.2, 0.25) is 5.91 Å². The molecule has 0 spiro atoms. The van der Waals surface area contributed by atoms with Crippen LogP contribution in [0, 0.1) is 5.92 Å². The van der Waals surface area contributed by atoms with Crippen LogP contribution in [0.1, 0.15) is 45.4 Å². The minimum Gasteiger partial charge on any atom is -0.495 e. The Kier molecular flexibility index (Phi) is 5.90. The van der Waals surface area contributed by atoms with E-state index in [1.165, 1.54) is 45.4 Å². The summed E-state index contributed by atoms with van der Waals surface area (Å²) in [5.41, 5.74) is 1.74. The molecule has 0 aromatic heterocycles. The zero-order valence-electron chi connectivity index (χ0n) is 13.1. The molecule has 0 atom stereocenters. The predicted molar refractivity (Wildman–Crippen MR) is 87.0 cm³/mol. The first kappa shape index (κ1) is 15.7. The molecule has 1 amide bonds. The van der Waals surface area contributed by atoms with Crippen molar-refractivity contribution in [3.05, 3.63) is 18.2 Å². The molecule has 1 saturated carbocycles. The summed E-state index contributed by atoms with van der Waals surface area (Å²) >= 11 is 0. The van der Waals surface area contributed by atoms with Crippen LogP contribution in [0.4, 0.5) is 11.4 Å². The van der Waals surface area contributed by atoms with Gasteiger partial charge >= 0.3 is 0 Å². The van der Waals surface area contributed by atoms with Crippen LogP contribution in [0.5, 0.6) is 5.75 Å². The van der Waals surface area contributed by atoms with Gasteiger partial charge in [0, 0.05) is 19.2 Å². The maximum atomic E-state index is 11.1. The third-order valence-electron chi connectivity index (χ3n) is 4.11. The Morgan fingerprint density at radius 2 is 2.05 bits per heavy atom. The minimum absolute atomic E-state index is 0.0617. The lowest BCUT2D eigenvalue weighted by Gasteiger charge is -2.22. The maximum Gasteiger partial charge on any atom is 0.221 e. The van der Waals surface area contributed by atoms with Crippen molar-refractivity contribution in [1.29, 1.82) is 0 Å². The summed E-state index contributed by atoms with van der Waals surface area (Å²) in [6, 6.07) is 5.67. The lowest BCUT2D eigenvalue weighted by atomic mass is 9.87.